The molecule has 0 amide bonds. The van der Waals surface area contributed by atoms with Crippen molar-refractivity contribution in [3.63, 3.8) is 0 Å². The van der Waals surface area contributed by atoms with Gasteiger partial charge in [-0.3, -0.25) is 4.98 Å². The number of aromatic carboxylic acids is 1. The minimum absolute atomic E-state index is 0.208. The number of benzene rings is 1. The van der Waals surface area contributed by atoms with Crippen molar-refractivity contribution in [3.05, 3.63) is 53.7 Å². The molecule has 2 aromatic rings. The fraction of sp³-hybridized carbons (Fsp3) is 0.250. The topological polar surface area (TPSA) is 50.2 Å². The molecule has 3 heteroatoms. The molecule has 2 rings (SSSR count). The highest BCUT2D eigenvalue weighted by Crippen LogP contribution is 2.23. The van der Waals surface area contributed by atoms with Crippen molar-refractivity contribution in [2.75, 3.05) is 0 Å². The molecular weight excluding hydrogens is 238 g/mol. The molecule has 1 aromatic heterocycles. The molecule has 0 saturated heterocycles. The Morgan fingerprint density at radius 3 is 2.37 bits per heavy atom. The first-order valence-electron chi connectivity index (χ1n) is 6.41. The molecule has 1 atom stereocenters. The molecule has 1 N–H and O–H groups in total. The molecule has 0 saturated carbocycles. The van der Waals surface area contributed by atoms with E-state index in [1.165, 1.54) is 11.8 Å². The van der Waals surface area contributed by atoms with Gasteiger partial charge in [0, 0.05) is 11.8 Å². The first kappa shape index (κ1) is 13.3. The van der Waals surface area contributed by atoms with Crippen molar-refractivity contribution in [3.8, 4) is 11.3 Å². The number of nitrogens with zero attached hydrogens (tertiary/aromatic N) is 1. The molecule has 1 heterocycles. The van der Waals surface area contributed by atoms with Crippen LogP contribution in [0.5, 0.6) is 0 Å². The zero-order chi connectivity index (χ0) is 13.8. The van der Waals surface area contributed by atoms with Gasteiger partial charge in [-0.15, -0.1) is 0 Å². The molecule has 98 valence electrons. The predicted molar refractivity (Wildman–Crippen MR) is 75.3 cm³/mol. The van der Waals surface area contributed by atoms with E-state index in [2.05, 4.69) is 31.0 Å². The van der Waals surface area contributed by atoms with E-state index in [-0.39, 0.29) is 5.56 Å². The Labute approximate surface area is 112 Å². The molecule has 1 unspecified atom stereocenters. The normalized spacial score (nSPS) is 12.1. The summed E-state index contributed by atoms with van der Waals surface area (Å²) in [7, 11) is 0. The number of hydrogen-bond donors (Lipinski definition) is 1. The van der Waals surface area contributed by atoms with Gasteiger partial charge >= 0.3 is 5.97 Å². The van der Waals surface area contributed by atoms with Crippen LogP contribution in [-0.2, 0) is 0 Å². The smallest absolute Gasteiger partial charge is 0.337 e. The van der Waals surface area contributed by atoms with E-state index >= 15 is 0 Å². The molecule has 0 radical (unpaired) electrons. The molecule has 0 aliphatic rings. The van der Waals surface area contributed by atoms with Crippen molar-refractivity contribution in [2.45, 2.75) is 26.2 Å². The molecule has 0 fully saturated rings. The third-order valence-electron chi connectivity index (χ3n) is 3.40. The highest BCUT2D eigenvalue weighted by molar-refractivity contribution is 5.87. The van der Waals surface area contributed by atoms with Crippen molar-refractivity contribution < 1.29 is 9.90 Å². The zero-order valence-corrected chi connectivity index (χ0v) is 11.1. The summed E-state index contributed by atoms with van der Waals surface area (Å²) >= 11 is 0. The quantitative estimate of drug-likeness (QED) is 0.899. The van der Waals surface area contributed by atoms with Crippen molar-refractivity contribution in [1.82, 2.24) is 4.98 Å². The lowest BCUT2D eigenvalue weighted by Gasteiger charge is -2.09. The van der Waals surface area contributed by atoms with Gasteiger partial charge in [-0.05, 0) is 30.0 Å². The molecule has 0 bridgehead atoms. The first-order valence-corrected chi connectivity index (χ1v) is 6.41. The lowest BCUT2D eigenvalue weighted by atomic mass is 9.97. The Morgan fingerprint density at radius 1 is 1.21 bits per heavy atom. The number of rotatable bonds is 4. The number of pyridine rings is 1. The molecule has 0 spiro atoms. The van der Waals surface area contributed by atoms with E-state index in [9.17, 15) is 4.79 Å². The second-order valence-corrected chi connectivity index (χ2v) is 4.67. The maximum atomic E-state index is 10.8. The maximum Gasteiger partial charge on any atom is 0.337 e. The highest BCUT2D eigenvalue weighted by atomic mass is 16.4. The number of carboxylic acid groups (broad SMARTS) is 1. The second-order valence-electron chi connectivity index (χ2n) is 4.67. The Bertz CT molecular complexity index is 558. The summed E-state index contributed by atoms with van der Waals surface area (Å²) in [6, 6.07) is 11.6. The van der Waals surface area contributed by atoms with Gasteiger partial charge in [-0.25, -0.2) is 4.79 Å². The summed E-state index contributed by atoms with van der Waals surface area (Å²) < 4.78 is 0. The van der Waals surface area contributed by atoms with Gasteiger partial charge in [0.2, 0.25) is 0 Å². The molecule has 0 aliphatic carbocycles. The SMILES string of the molecule is CCC(C)c1ccc(-c2ccc(C(=O)O)cn2)cc1. The van der Waals surface area contributed by atoms with E-state index < -0.39 is 5.97 Å². The Morgan fingerprint density at radius 2 is 1.89 bits per heavy atom. The predicted octanol–water partition coefficient (Wildman–Crippen LogP) is 3.96. The van der Waals surface area contributed by atoms with Gasteiger partial charge in [-0.1, -0.05) is 38.1 Å². The summed E-state index contributed by atoms with van der Waals surface area (Å²) in [5, 5.41) is 8.83. The van der Waals surface area contributed by atoms with Gasteiger partial charge in [0.05, 0.1) is 11.3 Å². The molecule has 3 nitrogen and oxygen atoms in total. The monoisotopic (exact) mass is 255 g/mol. The van der Waals surface area contributed by atoms with E-state index in [0.717, 1.165) is 17.7 Å². The van der Waals surface area contributed by atoms with Crippen LogP contribution < -0.4 is 0 Å². The standard InChI is InChI=1S/C16H17NO2/c1-3-11(2)12-4-6-13(7-5-12)15-9-8-14(10-17-15)16(18)19/h4-11H,3H2,1-2H3,(H,18,19). The minimum atomic E-state index is -0.953. The fourth-order valence-corrected chi connectivity index (χ4v) is 1.91. The Balaban J connectivity index is 2.24. The number of hydrogen-bond acceptors (Lipinski definition) is 2. The summed E-state index contributed by atoms with van der Waals surface area (Å²) in [5.41, 5.74) is 3.32. The van der Waals surface area contributed by atoms with Crippen molar-refractivity contribution >= 4 is 5.97 Å². The van der Waals surface area contributed by atoms with Crippen LogP contribution in [0.25, 0.3) is 11.3 Å². The van der Waals surface area contributed by atoms with Crippen LogP contribution in [0.2, 0.25) is 0 Å². The lowest BCUT2D eigenvalue weighted by molar-refractivity contribution is 0.0696. The van der Waals surface area contributed by atoms with Crippen molar-refractivity contribution in [2.24, 2.45) is 0 Å². The minimum Gasteiger partial charge on any atom is -0.478 e. The van der Waals surface area contributed by atoms with Gasteiger partial charge in [0.1, 0.15) is 0 Å². The first-order chi connectivity index (χ1) is 9.11. The average molecular weight is 255 g/mol. The van der Waals surface area contributed by atoms with E-state index in [1.807, 2.05) is 12.1 Å². The van der Waals surface area contributed by atoms with Crippen LogP contribution in [0.3, 0.4) is 0 Å². The summed E-state index contributed by atoms with van der Waals surface area (Å²) in [6.45, 7) is 4.37. The van der Waals surface area contributed by atoms with Crippen LogP contribution in [0, 0.1) is 0 Å². The molecule has 19 heavy (non-hydrogen) atoms. The molecule has 1 aromatic carbocycles. The van der Waals surface area contributed by atoms with Crippen LogP contribution in [0.15, 0.2) is 42.6 Å². The second kappa shape index (κ2) is 5.65. The lowest BCUT2D eigenvalue weighted by Crippen LogP contribution is -1.97. The molecule has 0 aliphatic heterocycles. The highest BCUT2D eigenvalue weighted by Gasteiger charge is 2.06. The Hall–Kier alpha value is -2.16. The van der Waals surface area contributed by atoms with E-state index in [0.29, 0.717) is 5.92 Å². The van der Waals surface area contributed by atoms with Crippen LogP contribution >= 0.6 is 0 Å². The number of aromatic nitrogens is 1. The summed E-state index contributed by atoms with van der Waals surface area (Å²) in [6.07, 6.45) is 2.51. The fourth-order valence-electron chi connectivity index (χ4n) is 1.91. The zero-order valence-electron chi connectivity index (χ0n) is 11.1. The largest absolute Gasteiger partial charge is 0.478 e. The van der Waals surface area contributed by atoms with Crippen LogP contribution in [0.1, 0.15) is 42.1 Å². The van der Waals surface area contributed by atoms with Crippen molar-refractivity contribution in [1.29, 1.82) is 0 Å². The van der Waals surface area contributed by atoms with Gasteiger partial charge in [0.15, 0.2) is 0 Å². The third kappa shape index (κ3) is 2.99. The average Bonchev–Trinajstić information content (AvgIpc) is 2.46. The Kier molecular flexibility index (Phi) is 3.95. The summed E-state index contributed by atoms with van der Waals surface area (Å²) in [5.74, 6) is -0.400. The maximum absolute atomic E-state index is 10.8. The third-order valence-corrected chi connectivity index (χ3v) is 3.40. The molecular formula is C16H17NO2. The van der Waals surface area contributed by atoms with E-state index in [1.54, 1.807) is 12.1 Å². The number of carboxylic acids is 1. The summed E-state index contributed by atoms with van der Waals surface area (Å²) in [4.78, 5) is 14.9. The number of carbonyl (C=O) groups is 1. The van der Waals surface area contributed by atoms with Gasteiger partial charge in [0.25, 0.3) is 0 Å². The van der Waals surface area contributed by atoms with Gasteiger partial charge in [-0.2, -0.15) is 0 Å². The van der Waals surface area contributed by atoms with Gasteiger partial charge < -0.3 is 5.11 Å². The van der Waals surface area contributed by atoms with E-state index in [4.69, 9.17) is 5.11 Å². The van der Waals surface area contributed by atoms with Crippen LogP contribution in [0.4, 0.5) is 0 Å². The van der Waals surface area contributed by atoms with Crippen LogP contribution in [-0.4, -0.2) is 16.1 Å².